The van der Waals surface area contributed by atoms with Gasteiger partial charge in [-0.15, -0.1) is 0 Å². The second kappa shape index (κ2) is 8.81. The van der Waals surface area contributed by atoms with Gasteiger partial charge in [0.15, 0.2) is 6.61 Å². The summed E-state index contributed by atoms with van der Waals surface area (Å²) in [7, 11) is 1.38. The molecule has 1 aromatic carbocycles. The maximum Gasteiger partial charge on any atom is 0.406 e. The zero-order valence-corrected chi connectivity index (χ0v) is 15.1. The van der Waals surface area contributed by atoms with Crippen LogP contribution in [0.15, 0.2) is 30.3 Å². The standard InChI is InChI=1S/C16H15ClN4O6/c1-9-3-5-13(15(18-9)21(24)25)27-8-14(22)19-20-16(23)11-7-10(17)4-6-12(11)26-2/h3-7H,8H2,1-2H3,(H,19,22)(H,20,23). The first-order valence-corrected chi connectivity index (χ1v) is 7.87. The third-order valence-corrected chi connectivity index (χ3v) is 3.47. The minimum atomic E-state index is -0.737. The molecule has 1 aromatic heterocycles. The van der Waals surface area contributed by atoms with Crippen LogP contribution in [0.5, 0.6) is 11.5 Å². The number of hydrogen-bond acceptors (Lipinski definition) is 7. The lowest BCUT2D eigenvalue weighted by Crippen LogP contribution is -2.44. The number of aryl methyl sites for hydroxylation is 1. The number of ether oxygens (including phenoxy) is 2. The topological polar surface area (TPSA) is 133 Å². The number of nitrogens with zero attached hydrogens (tertiary/aromatic N) is 2. The van der Waals surface area contributed by atoms with Crippen LogP contribution in [0.1, 0.15) is 16.1 Å². The van der Waals surface area contributed by atoms with Crippen molar-refractivity contribution in [3.63, 3.8) is 0 Å². The fraction of sp³-hybridized carbons (Fsp3) is 0.188. The molecule has 27 heavy (non-hydrogen) atoms. The minimum absolute atomic E-state index is 0.115. The molecule has 2 N–H and O–H groups in total. The molecule has 0 aliphatic carbocycles. The molecule has 2 amide bonds. The van der Waals surface area contributed by atoms with E-state index >= 15 is 0 Å². The van der Waals surface area contributed by atoms with E-state index in [4.69, 9.17) is 21.1 Å². The van der Waals surface area contributed by atoms with E-state index in [0.717, 1.165) is 0 Å². The van der Waals surface area contributed by atoms with Crippen LogP contribution in [0.25, 0.3) is 0 Å². The van der Waals surface area contributed by atoms with Gasteiger partial charge in [-0.2, -0.15) is 0 Å². The maximum absolute atomic E-state index is 12.1. The number of benzene rings is 1. The van der Waals surface area contributed by atoms with E-state index < -0.39 is 29.2 Å². The number of amides is 2. The monoisotopic (exact) mass is 394 g/mol. The lowest BCUT2D eigenvalue weighted by Gasteiger charge is -2.11. The molecule has 142 valence electrons. The Hall–Kier alpha value is -3.40. The predicted molar refractivity (Wildman–Crippen MR) is 94.7 cm³/mol. The Labute approximate surface area is 158 Å². The van der Waals surface area contributed by atoms with Crippen molar-refractivity contribution in [1.82, 2.24) is 15.8 Å². The van der Waals surface area contributed by atoms with E-state index in [0.29, 0.717) is 10.7 Å². The lowest BCUT2D eigenvalue weighted by molar-refractivity contribution is -0.390. The number of nitrogens with one attached hydrogen (secondary N) is 2. The molecular weight excluding hydrogens is 380 g/mol. The number of hydrogen-bond donors (Lipinski definition) is 2. The van der Waals surface area contributed by atoms with Gasteiger partial charge in [0, 0.05) is 11.9 Å². The molecule has 0 unspecified atom stereocenters. The highest BCUT2D eigenvalue weighted by atomic mass is 35.5. The fourth-order valence-corrected chi connectivity index (χ4v) is 2.18. The number of pyridine rings is 1. The smallest absolute Gasteiger partial charge is 0.406 e. The number of carbonyl (C=O) groups is 2. The molecule has 0 bridgehead atoms. The third kappa shape index (κ3) is 5.28. The van der Waals surface area contributed by atoms with Gasteiger partial charge in [0.2, 0.25) is 5.75 Å². The average Bonchev–Trinajstić information content (AvgIpc) is 2.64. The van der Waals surface area contributed by atoms with Gasteiger partial charge in [-0.05, 0) is 40.2 Å². The molecule has 0 spiro atoms. The normalized spacial score (nSPS) is 10.0. The summed E-state index contributed by atoms with van der Waals surface area (Å²) in [5, 5.41) is 11.3. The zero-order chi connectivity index (χ0) is 20.0. The summed E-state index contributed by atoms with van der Waals surface area (Å²) in [5.41, 5.74) is 4.85. The highest BCUT2D eigenvalue weighted by Crippen LogP contribution is 2.24. The van der Waals surface area contributed by atoms with Gasteiger partial charge in [-0.1, -0.05) is 11.6 Å². The van der Waals surface area contributed by atoms with Gasteiger partial charge in [0.1, 0.15) is 11.4 Å². The Balaban J connectivity index is 1.95. The van der Waals surface area contributed by atoms with Crippen LogP contribution >= 0.6 is 11.6 Å². The number of methoxy groups -OCH3 is 1. The van der Waals surface area contributed by atoms with Gasteiger partial charge >= 0.3 is 5.82 Å². The van der Waals surface area contributed by atoms with Crippen LogP contribution in [0.4, 0.5) is 5.82 Å². The molecule has 2 aromatic rings. The number of aromatic nitrogens is 1. The highest BCUT2D eigenvalue weighted by Gasteiger charge is 2.19. The average molecular weight is 395 g/mol. The third-order valence-electron chi connectivity index (χ3n) is 3.23. The quantitative estimate of drug-likeness (QED) is 0.563. The van der Waals surface area contributed by atoms with Gasteiger partial charge in [-0.3, -0.25) is 20.4 Å². The first-order chi connectivity index (χ1) is 12.8. The molecule has 2 rings (SSSR count). The number of hydrazine groups is 1. The second-order valence-electron chi connectivity index (χ2n) is 5.17. The molecule has 0 aliphatic heterocycles. The molecule has 0 saturated heterocycles. The van der Waals surface area contributed by atoms with Crippen molar-refractivity contribution in [2.45, 2.75) is 6.92 Å². The van der Waals surface area contributed by atoms with Crippen LogP contribution in [0.3, 0.4) is 0 Å². The van der Waals surface area contributed by atoms with Crippen LogP contribution in [-0.4, -0.2) is 35.4 Å². The summed E-state index contributed by atoms with van der Waals surface area (Å²) in [4.78, 5) is 37.9. The largest absolute Gasteiger partial charge is 0.496 e. The maximum atomic E-state index is 12.1. The van der Waals surface area contributed by atoms with E-state index in [1.54, 1.807) is 13.0 Å². The van der Waals surface area contributed by atoms with Gasteiger partial charge in [-0.25, -0.2) is 0 Å². The highest BCUT2D eigenvalue weighted by molar-refractivity contribution is 6.31. The summed E-state index contributed by atoms with van der Waals surface area (Å²) in [6.45, 7) is 1.02. The van der Waals surface area contributed by atoms with Crippen molar-refractivity contribution in [2.24, 2.45) is 0 Å². The first-order valence-electron chi connectivity index (χ1n) is 7.49. The van der Waals surface area contributed by atoms with Crippen molar-refractivity contribution in [3.8, 4) is 11.5 Å². The van der Waals surface area contributed by atoms with Crippen LogP contribution in [0, 0.1) is 17.0 Å². The SMILES string of the molecule is COc1ccc(Cl)cc1C(=O)NNC(=O)COc1ccc(C)nc1[N+](=O)[O-]. The van der Waals surface area contributed by atoms with Crippen molar-refractivity contribution in [2.75, 3.05) is 13.7 Å². The summed E-state index contributed by atoms with van der Waals surface area (Å²) < 4.78 is 10.2. The van der Waals surface area contributed by atoms with E-state index in [-0.39, 0.29) is 17.1 Å². The van der Waals surface area contributed by atoms with Gasteiger partial charge < -0.3 is 19.6 Å². The summed E-state index contributed by atoms with van der Waals surface area (Å²) in [6, 6.07) is 7.27. The van der Waals surface area contributed by atoms with Gasteiger partial charge in [0.05, 0.1) is 12.7 Å². The Morgan fingerprint density at radius 2 is 1.93 bits per heavy atom. The minimum Gasteiger partial charge on any atom is -0.496 e. The van der Waals surface area contributed by atoms with Gasteiger partial charge in [0.25, 0.3) is 11.8 Å². The zero-order valence-electron chi connectivity index (χ0n) is 14.3. The van der Waals surface area contributed by atoms with E-state index in [9.17, 15) is 19.7 Å². The van der Waals surface area contributed by atoms with Crippen LogP contribution in [-0.2, 0) is 4.79 Å². The Bertz CT molecular complexity index is 889. The van der Waals surface area contributed by atoms with Crippen LogP contribution < -0.4 is 20.3 Å². The summed E-state index contributed by atoms with van der Waals surface area (Å²) >= 11 is 5.85. The lowest BCUT2D eigenvalue weighted by atomic mass is 10.2. The molecule has 0 saturated carbocycles. The summed E-state index contributed by atoms with van der Waals surface area (Å²) in [6.07, 6.45) is 0. The molecule has 10 nitrogen and oxygen atoms in total. The second-order valence-corrected chi connectivity index (χ2v) is 5.60. The number of nitro groups is 1. The fourth-order valence-electron chi connectivity index (χ4n) is 2.00. The molecule has 0 fully saturated rings. The Morgan fingerprint density at radius 1 is 1.22 bits per heavy atom. The molecule has 0 radical (unpaired) electrons. The van der Waals surface area contributed by atoms with E-state index in [1.807, 2.05) is 0 Å². The Morgan fingerprint density at radius 3 is 2.59 bits per heavy atom. The van der Waals surface area contributed by atoms with E-state index in [1.165, 1.54) is 31.4 Å². The van der Waals surface area contributed by atoms with Crippen molar-refractivity contribution in [1.29, 1.82) is 0 Å². The van der Waals surface area contributed by atoms with Crippen LogP contribution in [0.2, 0.25) is 5.02 Å². The number of carbonyl (C=O) groups excluding carboxylic acids is 2. The molecule has 1 heterocycles. The molecule has 0 atom stereocenters. The summed E-state index contributed by atoms with van der Waals surface area (Å²) in [5.74, 6) is -1.80. The Kier molecular flexibility index (Phi) is 6.50. The van der Waals surface area contributed by atoms with Crippen molar-refractivity contribution < 1.29 is 24.0 Å². The molecule has 11 heteroatoms. The number of halogens is 1. The molecular formula is C16H15ClN4O6. The molecule has 0 aliphatic rings. The number of rotatable bonds is 6. The van der Waals surface area contributed by atoms with Crippen molar-refractivity contribution in [3.05, 3.63) is 56.7 Å². The van der Waals surface area contributed by atoms with E-state index in [2.05, 4.69) is 15.8 Å². The predicted octanol–water partition coefficient (Wildman–Crippen LogP) is 1.80. The first kappa shape index (κ1) is 19.9. The van der Waals surface area contributed by atoms with Crippen molar-refractivity contribution >= 4 is 29.2 Å².